The topological polar surface area (TPSA) is 122 Å². The lowest BCUT2D eigenvalue weighted by molar-refractivity contribution is 0.0204. The van der Waals surface area contributed by atoms with E-state index in [-0.39, 0.29) is 6.09 Å². The Kier molecular flexibility index (Phi) is 11.9. The molecule has 0 spiro atoms. The first kappa shape index (κ1) is 41.3. The first-order valence-corrected chi connectivity index (χ1v) is 21.6. The third-order valence-corrected chi connectivity index (χ3v) is 12.0. The van der Waals surface area contributed by atoms with Gasteiger partial charge in [0.1, 0.15) is 5.60 Å². The summed E-state index contributed by atoms with van der Waals surface area (Å²) in [6.45, 7) is 13.0. The standard InChI is InChI=1S/C26H28N4O.C22H25BrN4O2/c1-26(2,31)23-5-3-4-21(14-23)24-16-29-30-17-22(15-28-25(24)30)19-8-6-18(7-9-19)20-10-12-27-13-11-20;1-22(2,3)29-21(28)26-10-8-17(9-11-26)15-4-6-16(7-5-15)18-12-24-20-19(23)13-25-27(20)14-18/h3-9,14-17,20,27,31H,10-13H2,1-2H3;4-7,12-14,17H,8-11H2,1-3H3. The molecule has 11 nitrogen and oxygen atoms in total. The molecule has 3 aromatic carbocycles. The third-order valence-electron chi connectivity index (χ3n) is 11.5. The summed E-state index contributed by atoms with van der Waals surface area (Å²) in [5, 5.41) is 22.6. The predicted octanol–water partition coefficient (Wildman–Crippen LogP) is 10.0. The zero-order valence-electron chi connectivity index (χ0n) is 35.0. The minimum absolute atomic E-state index is 0.209. The Hall–Kier alpha value is -5.43. The minimum atomic E-state index is -0.889. The van der Waals surface area contributed by atoms with Crippen LogP contribution < -0.4 is 5.32 Å². The number of nitrogens with zero attached hydrogens (tertiary/aromatic N) is 7. The zero-order chi connectivity index (χ0) is 42.0. The van der Waals surface area contributed by atoms with E-state index >= 15 is 0 Å². The van der Waals surface area contributed by atoms with Crippen molar-refractivity contribution in [3.63, 3.8) is 0 Å². The Morgan fingerprint density at radius 1 is 0.700 bits per heavy atom. The number of piperidine rings is 2. The molecule has 0 bridgehead atoms. The molecule has 60 heavy (non-hydrogen) atoms. The second-order valence-corrected chi connectivity index (χ2v) is 18.3. The van der Waals surface area contributed by atoms with Gasteiger partial charge < -0.3 is 20.1 Å². The van der Waals surface area contributed by atoms with Gasteiger partial charge in [0.15, 0.2) is 11.3 Å². The molecule has 2 aliphatic rings. The van der Waals surface area contributed by atoms with E-state index in [0.717, 1.165) is 93.7 Å². The summed E-state index contributed by atoms with van der Waals surface area (Å²) in [4.78, 5) is 23.3. The van der Waals surface area contributed by atoms with Crippen LogP contribution in [0.2, 0.25) is 0 Å². The molecular weight excluding hydrogens is 816 g/mol. The first-order valence-electron chi connectivity index (χ1n) is 20.8. The van der Waals surface area contributed by atoms with Gasteiger partial charge in [-0.15, -0.1) is 0 Å². The van der Waals surface area contributed by atoms with Crippen molar-refractivity contribution in [1.82, 2.24) is 39.4 Å². The van der Waals surface area contributed by atoms with Gasteiger partial charge >= 0.3 is 6.09 Å². The van der Waals surface area contributed by atoms with Crippen LogP contribution in [-0.2, 0) is 10.3 Å². The molecule has 4 aromatic heterocycles. The van der Waals surface area contributed by atoms with Crippen molar-refractivity contribution < 1.29 is 14.6 Å². The smallest absolute Gasteiger partial charge is 0.410 e. The van der Waals surface area contributed by atoms with Gasteiger partial charge in [0.05, 0.1) is 22.5 Å². The van der Waals surface area contributed by atoms with E-state index in [4.69, 9.17) is 9.72 Å². The Morgan fingerprint density at radius 3 is 1.83 bits per heavy atom. The number of carbonyl (C=O) groups is 1. The van der Waals surface area contributed by atoms with Gasteiger partial charge in [-0.3, -0.25) is 0 Å². The van der Waals surface area contributed by atoms with E-state index < -0.39 is 11.2 Å². The number of amides is 1. The maximum atomic E-state index is 12.2. The number of benzene rings is 3. The van der Waals surface area contributed by atoms with Gasteiger partial charge in [-0.2, -0.15) is 10.2 Å². The summed E-state index contributed by atoms with van der Waals surface area (Å²) in [6.07, 6.45) is 15.5. The summed E-state index contributed by atoms with van der Waals surface area (Å²) in [7, 11) is 0. The fourth-order valence-corrected chi connectivity index (χ4v) is 8.44. The second kappa shape index (κ2) is 17.3. The van der Waals surface area contributed by atoms with Gasteiger partial charge in [0.25, 0.3) is 0 Å². The van der Waals surface area contributed by atoms with Crippen LogP contribution in [0.25, 0.3) is 44.7 Å². The van der Waals surface area contributed by atoms with E-state index in [0.29, 0.717) is 11.8 Å². The van der Waals surface area contributed by atoms with Gasteiger partial charge in [0.2, 0.25) is 0 Å². The van der Waals surface area contributed by atoms with Gasteiger partial charge in [0, 0.05) is 54.6 Å². The molecule has 0 aliphatic carbocycles. The van der Waals surface area contributed by atoms with Crippen LogP contribution in [0.15, 0.2) is 114 Å². The summed E-state index contributed by atoms with van der Waals surface area (Å²) < 4.78 is 9.99. The maximum Gasteiger partial charge on any atom is 0.410 e. The van der Waals surface area contributed by atoms with Crippen LogP contribution >= 0.6 is 15.9 Å². The molecular formula is C48H53BrN8O3. The fourth-order valence-electron chi connectivity index (χ4n) is 8.06. The molecule has 0 radical (unpaired) electrons. The number of ether oxygens (including phenoxy) is 1. The van der Waals surface area contributed by atoms with Crippen molar-refractivity contribution in [3.8, 4) is 33.4 Å². The molecule has 12 heteroatoms. The molecule has 2 fully saturated rings. The van der Waals surface area contributed by atoms with Gasteiger partial charge in [-0.25, -0.2) is 23.8 Å². The number of hydrogen-bond acceptors (Lipinski definition) is 8. The number of rotatable bonds is 6. The SMILES string of the molecule is CC(C)(C)OC(=O)N1CCC(c2ccc(-c3cnc4c(Br)cnn4c3)cc2)CC1.CC(C)(O)c1cccc(-c2cnn3cc(-c4ccc(C5CCNCC5)cc4)cnc23)c1. The second-order valence-electron chi connectivity index (χ2n) is 17.4. The number of fused-ring (bicyclic) bond motifs is 2. The van der Waals surface area contributed by atoms with Crippen LogP contribution in [-0.4, -0.2) is 77.1 Å². The highest BCUT2D eigenvalue weighted by Gasteiger charge is 2.27. The molecule has 1 amide bonds. The Balaban J connectivity index is 0.000000167. The van der Waals surface area contributed by atoms with E-state index in [2.05, 4.69) is 85.0 Å². The predicted molar refractivity (Wildman–Crippen MR) is 240 cm³/mol. The third kappa shape index (κ3) is 9.46. The highest BCUT2D eigenvalue weighted by Crippen LogP contribution is 2.33. The average molecular weight is 870 g/mol. The van der Waals surface area contributed by atoms with E-state index in [1.54, 1.807) is 24.6 Å². The maximum absolute atomic E-state index is 12.2. The molecule has 310 valence electrons. The van der Waals surface area contributed by atoms with E-state index in [1.807, 2.05) is 85.4 Å². The van der Waals surface area contributed by atoms with Crippen molar-refractivity contribution in [3.05, 3.63) is 131 Å². The summed E-state index contributed by atoms with van der Waals surface area (Å²) in [6, 6.07) is 25.5. The highest BCUT2D eigenvalue weighted by atomic mass is 79.9. The number of carbonyl (C=O) groups excluding carboxylic acids is 1. The molecule has 0 saturated carbocycles. The Bertz CT molecular complexity index is 2570. The van der Waals surface area contributed by atoms with Crippen molar-refractivity contribution in [2.45, 2.75) is 83.3 Å². The Morgan fingerprint density at radius 2 is 1.25 bits per heavy atom. The van der Waals surface area contributed by atoms with Gasteiger partial charge in [-0.1, -0.05) is 66.7 Å². The van der Waals surface area contributed by atoms with Crippen molar-refractivity contribution >= 4 is 33.3 Å². The zero-order valence-corrected chi connectivity index (χ0v) is 36.6. The molecule has 0 atom stereocenters. The molecule has 9 rings (SSSR count). The Labute approximate surface area is 360 Å². The highest BCUT2D eigenvalue weighted by molar-refractivity contribution is 9.10. The van der Waals surface area contributed by atoms with Crippen molar-refractivity contribution in [2.75, 3.05) is 26.2 Å². The van der Waals surface area contributed by atoms with Crippen LogP contribution in [0.1, 0.15) is 88.8 Å². The molecule has 6 heterocycles. The minimum Gasteiger partial charge on any atom is -0.444 e. The van der Waals surface area contributed by atoms with Crippen molar-refractivity contribution in [2.24, 2.45) is 0 Å². The molecule has 0 unspecified atom stereocenters. The lowest BCUT2D eigenvalue weighted by Crippen LogP contribution is -2.41. The quantitative estimate of drug-likeness (QED) is 0.170. The summed E-state index contributed by atoms with van der Waals surface area (Å²) in [5.74, 6) is 1.12. The largest absolute Gasteiger partial charge is 0.444 e. The number of aliphatic hydroxyl groups is 1. The number of nitrogens with one attached hydrogen (secondary N) is 1. The van der Waals surface area contributed by atoms with E-state index in [9.17, 15) is 9.90 Å². The first-order chi connectivity index (χ1) is 28.8. The van der Waals surface area contributed by atoms with Crippen LogP contribution in [0.5, 0.6) is 0 Å². The molecule has 7 aromatic rings. The lowest BCUT2D eigenvalue weighted by Gasteiger charge is -2.33. The van der Waals surface area contributed by atoms with E-state index in [1.165, 1.54) is 24.0 Å². The number of halogens is 1. The molecule has 2 N–H and O–H groups in total. The summed E-state index contributed by atoms with van der Waals surface area (Å²) >= 11 is 3.45. The number of aromatic nitrogens is 6. The molecule has 2 aliphatic heterocycles. The average Bonchev–Trinajstić information content (AvgIpc) is 3.86. The number of likely N-dealkylation sites (tertiary alicyclic amines) is 1. The summed E-state index contributed by atoms with van der Waals surface area (Å²) in [5.41, 5.74) is 10.2. The normalized spacial score (nSPS) is 15.6. The van der Waals surface area contributed by atoms with Crippen molar-refractivity contribution in [1.29, 1.82) is 0 Å². The molecule has 2 saturated heterocycles. The monoisotopic (exact) mass is 868 g/mol. The lowest BCUT2D eigenvalue weighted by atomic mass is 9.89. The number of hydrogen-bond donors (Lipinski definition) is 2. The van der Waals surface area contributed by atoms with Crippen LogP contribution in [0.3, 0.4) is 0 Å². The van der Waals surface area contributed by atoms with Gasteiger partial charge in [-0.05, 0) is 141 Å². The fraction of sp³-hybridized carbons (Fsp3) is 0.354. The van der Waals surface area contributed by atoms with Crippen LogP contribution in [0.4, 0.5) is 4.79 Å². The van der Waals surface area contributed by atoms with Crippen LogP contribution in [0, 0.1) is 0 Å².